The molecule has 0 bridgehead atoms. The molecule has 0 atom stereocenters. The number of H-pyrrole nitrogens is 1. The summed E-state index contributed by atoms with van der Waals surface area (Å²) >= 11 is 6.05. The molecule has 4 aromatic rings. The van der Waals surface area contributed by atoms with Crippen LogP contribution in [0.3, 0.4) is 0 Å². The number of aryl methyl sites for hydroxylation is 1. The van der Waals surface area contributed by atoms with E-state index in [9.17, 15) is 9.59 Å². The standard InChI is InChI=1S/C18H16ClN5O3/c1-10-16-17(27-23-10)22-9-24(18(16)26)8-15(25)20-5-4-11-7-21-14-3-2-12(19)6-13(11)14/h2-3,6-7,9,21H,4-5,8H2,1H3,(H,20,25). The SMILES string of the molecule is Cc1noc2ncn(CC(=O)NCCc3c[nH]c4ccc(Cl)cc34)c(=O)c12. The zero-order valence-corrected chi connectivity index (χ0v) is 15.2. The molecule has 3 aromatic heterocycles. The van der Waals surface area contributed by atoms with Gasteiger partial charge in [0.15, 0.2) is 0 Å². The summed E-state index contributed by atoms with van der Waals surface area (Å²) in [5.41, 5.74) is 2.34. The van der Waals surface area contributed by atoms with Gasteiger partial charge in [-0.1, -0.05) is 16.8 Å². The van der Waals surface area contributed by atoms with Gasteiger partial charge in [-0.2, -0.15) is 0 Å². The molecule has 0 unspecified atom stereocenters. The van der Waals surface area contributed by atoms with Gasteiger partial charge >= 0.3 is 0 Å². The Morgan fingerprint density at radius 3 is 3.11 bits per heavy atom. The number of hydrogen-bond acceptors (Lipinski definition) is 5. The van der Waals surface area contributed by atoms with E-state index in [1.54, 1.807) is 6.92 Å². The summed E-state index contributed by atoms with van der Waals surface area (Å²) in [5, 5.41) is 8.53. The number of amides is 1. The fraction of sp³-hybridized carbons (Fsp3) is 0.222. The van der Waals surface area contributed by atoms with E-state index in [1.165, 1.54) is 10.9 Å². The first-order valence-corrected chi connectivity index (χ1v) is 8.74. The number of carbonyl (C=O) groups excluding carboxylic acids is 1. The molecule has 27 heavy (non-hydrogen) atoms. The van der Waals surface area contributed by atoms with Crippen LogP contribution in [0.2, 0.25) is 5.02 Å². The van der Waals surface area contributed by atoms with Crippen LogP contribution in [0.25, 0.3) is 22.0 Å². The average molecular weight is 386 g/mol. The minimum atomic E-state index is -0.347. The molecule has 0 radical (unpaired) electrons. The summed E-state index contributed by atoms with van der Waals surface area (Å²) in [5.74, 6) is -0.273. The van der Waals surface area contributed by atoms with Crippen molar-refractivity contribution in [2.45, 2.75) is 19.9 Å². The number of hydrogen-bond donors (Lipinski definition) is 2. The van der Waals surface area contributed by atoms with E-state index in [0.29, 0.717) is 29.1 Å². The van der Waals surface area contributed by atoms with Gasteiger partial charge in [-0.15, -0.1) is 0 Å². The lowest BCUT2D eigenvalue weighted by molar-refractivity contribution is -0.121. The number of nitrogens with zero attached hydrogens (tertiary/aromatic N) is 3. The maximum atomic E-state index is 12.4. The van der Waals surface area contributed by atoms with Crippen molar-refractivity contribution in [3.63, 3.8) is 0 Å². The van der Waals surface area contributed by atoms with Crippen LogP contribution in [-0.2, 0) is 17.8 Å². The number of aromatic amines is 1. The van der Waals surface area contributed by atoms with Crippen molar-refractivity contribution in [2.24, 2.45) is 0 Å². The van der Waals surface area contributed by atoms with E-state index >= 15 is 0 Å². The predicted molar refractivity (Wildman–Crippen MR) is 101 cm³/mol. The minimum Gasteiger partial charge on any atom is -0.361 e. The molecule has 0 spiro atoms. The Balaban J connectivity index is 1.41. The monoisotopic (exact) mass is 385 g/mol. The quantitative estimate of drug-likeness (QED) is 0.547. The lowest BCUT2D eigenvalue weighted by Gasteiger charge is -2.07. The molecule has 0 aliphatic carbocycles. The molecule has 0 fully saturated rings. The third-order valence-corrected chi connectivity index (χ3v) is 4.63. The molecule has 4 rings (SSSR count). The van der Waals surface area contributed by atoms with Gasteiger partial charge in [0.25, 0.3) is 11.3 Å². The molecule has 1 amide bonds. The normalized spacial score (nSPS) is 11.3. The van der Waals surface area contributed by atoms with Crippen LogP contribution < -0.4 is 10.9 Å². The molecular formula is C18H16ClN5O3. The lowest BCUT2D eigenvalue weighted by atomic mass is 10.1. The Morgan fingerprint density at radius 1 is 1.41 bits per heavy atom. The molecule has 3 heterocycles. The van der Waals surface area contributed by atoms with Crippen molar-refractivity contribution in [2.75, 3.05) is 6.54 Å². The van der Waals surface area contributed by atoms with Gasteiger partial charge in [0.1, 0.15) is 18.3 Å². The Hall–Kier alpha value is -3.13. The van der Waals surface area contributed by atoms with Crippen molar-refractivity contribution in [1.82, 2.24) is 25.0 Å². The molecule has 0 aliphatic rings. The third-order valence-electron chi connectivity index (χ3n) is 4.39. The van der Waals surface area contributed by atoms with Gasteiger partial charge in [0, 0.05) is 28.7 Å². The van der Waals surface area contributed by atoms with Gasteiger partial charge in [-0.3, -0.25) is 14.2 Å². The van der Waals surface area contributed by atoms with Gasteiger partial charge in [-0.05, 0) is 37.1 Å². The van der Waals surface area contributed by atoms with Gasteiger partial charge in [-0.25, -0.2) is 4.98 Å². The Labute approximate surface area is 158 Å². The minimum absolute atomic E-state index is 0.119. The lowest BCUT2D eigenvalue weighted by Crippen LogP contribution is -2.33. The summed E-state index contributed by atoms with van der Waals surface area (Å²) < 4.78 is 6.20. The van der Waals surface area contributed by atoms with E-state index < -0.39 is 0 Å². The Kier molecular flexibility index (Phi) is 4.41. The highest BCUT2D eigenvalue weighted by Gasteiger charge is 2.14. The number of fused-ring (bicyclic) bond motifs is 2. The molecule has 2 N–H and O–H groups in total. The summed E-state index contributed by atoms with van der Waals surface area (Å²) in [7, 11) is 0. The highest BCUT2D eigenvalue weighted by Crippen LogP contribution is 2.22. The summed E-state index contributed by atoms with van der Waals surface area (Å²) in [6, 6.07) is 5.64. The van der Waals surface area contributed by atoms with Crippen molar-refractivity contribution < 1.29 is 9.32 Å². The molecule has 0 aliphatic heterocycles. The number of carbonyl (C=O) groups is 1. The van der Waals surface area contributed by atoms with Crippen LogP contribution in [0, 0.1) is 6.92 Å². The number of rotatable bonds is 5. The maximum absolute atomic E-state index is 12.4. The topological polar surface area (TPSA) is 106 Å². The van der Waals surface area contributed by atoms with Crippen molar-refractivity contribution in [3.8, 4) is 0 Å². The molecule has 138 valence electrons. The fourth-order valence-electron chi connectivity index (χ4n) is 3.03. The summed E-state index contributed by atoms with van der Waals surface area (Å²) in [6.45, 7) is 1.98. The van der Waals surface area contributed by atoms with E-state index in [0.717, 1.165) is 16.5 Å². The van der Waals surface area contributed by atoms with Crippen LogP contribution in [0.15, 0.2) is 40.0 Å². The highest BCUT2D eigenvalue weighted by atomic mass is 35.5. The second kappa shape index (κ2) is 6.88. The maximum Gasteiger partial charge on any atom is 0.267 e. The van der Waals surface area contributed by atoms with Gasteiger partial charge in [0.2, 0.25) is 5.91 Å². The molecule has 0 saturated carbocycles. The largest absolute Gasteiger partial charge is 0.361 e. The zero-order chi connectivity index (χ0) is 19.0. The number of nitrogens with one attached hydrogen (secondary N) is 2. The molecule has 1 aromatic carbocycles. The number of aromatic nitrogens is 4. The summed E-state index contributed by atoms with van der Waals surface area (Å²) in [6.07, 6.45) is 3.84. The van der Waals surface area contributed by atoms with Gasteiger partial charge in [0.05, 0.1) is 5.69 Å². The van der Waals surface area contributed by atoms with Crippen molar-refractivity contribution >= 4 is 39.5 Å². The fourth-order valence-corrected chi connectivity index (χ4v) is 3.20. The highest BCUT2D eigenvalue weighted by molar-refractivity contribution is 6.31. The van der Waals surface area contributed by atoms with Crippen LogP contribution in [-0.4, -0.2) is 32.1 Å². The van der Waals surface area contributed by atoms with Crippen LogP contribution in [0.1, 0.15) is 11.3 Å². The van der Waals surface area contributed by atoms with E-state index in [1.807, 2.05) is 24.4 Å². The van der Waals surface area contributed by atoms with Crippen LogP contribution in [0.5, 0.6) is 0 Å². The average Bonchev–Trinajstić information content (AvgIpc) is 3.21. The molecular weight excluding hydrogens is 370 g/mol. The zero-order valence-electron chi connectivity index (χ0n) is 14.5. The number of benzene rings is 1. The Morgan fingerprint density at radius 2 is 2.26 bits per heavy atom. The first kappa shape index (κ1) is 17.3. The summed E-state index contributed by atoms with van der Waals surface area (Å²) in [4.78, 5) is 31.8. The van der Waals surface area contributed by atoms with E-state index in [2.05, 4.69) is 20.4 Å². The first-order chi connectivity index (χ1) is 13.0. The second-order valence-corrected chi connectivity index (χ2v) is 6.67. The third kappa shape index (κ3) is 3.31. The molecule has 0 saturated heterocycles. The van der Waals surface area contributed by atoms with Crippen molar-refractivity contribution in [1.29, 1.82) is 0 Å². The molecule has 8 nitrogen and oxygen atoms in total. The van der Waals surface area contributed by atoms with Crippen LogP contribution >= 0.6 is 11.6 Å². The van der Waals surface area contributed by atoms with Crippen molar-refractivity contribution in [3.05, 3.63) is 57.4 Å². The smallest absolute Gasteiger partial charge is 0.267 e. The van der Waals surface area contributed by atoms with Gasteiger partial charge < -0.3 is 14.8 Å². The second-order valence-electron chi connectivity index (χ2n) is 6.23. The van der Waals surface area contributed by atoms with Crippen LogP contribution in [0.4, 0.5) is 0 Å². The first-order valence-electron chi connectivity index (χ1n) is 8.36. The van der Waals surface area contributed by atoms with E-state index in [-0.39, 0.29) is 23.7 Å². The predicted octanol–water partition coefficient (Wildman–Crippen LogP) is 2.19. The Bertz CT molecular complexity index is 1210. The number of halogens is 1. The van der Waals surface area contributed by atoms with E-state index in [4.69, 9.17) is 16.1 Å². The molecule has 9 heteroatoms.